The molecular weight excluding hydrogens is 442 g/mol. The lowest BCUT2D eigenvalue weighted by Gasteiger charge is -2.47. The molecule has 2 aromatic carbocycles. The number of carboxylic acid groups (broad SMARTS) is 1. The molecular formula is C24H31N3O5S. The van der Waals surface area contributed by atoms with Crippen LogP contribution >= 0.6 is 0 Å². The summed E-state index contributed by atoms with van der Waals surface area (Å²) in [5.74, 6) is 0. The molecule has 9 heteroatoms. The van der Waals surface area contributed by atoms with Gasteiger partial charge in [0.1, 0.15) is 10.3 Å². The van der Waals surface area contributed by atoms with E-state index in [2.05, 4.69) is 4.72 Å². The summed E-state index contributed by atoms with van der Waals surface area (Å²) in [6, 6.07) is 16.8. The second-order valence-corrected chi connectivity index (χ2v) is 11.5. The van der Waals surface area contributed by atoms with Crippen LogP contribution in [-0.2, 0) is 17.8 Å². The number of rotatable bonds is 7. The minimum absolute atomic E-state index is 0.273. The summed E-state index contributed by atoms with van der Waals surface area (Å²) in [7, 11) is 0. The fourth-order valence-electron chi connectivity index (χ4n) is 4.36. The van der Waals surface area contributed by atoms with Crippen LogP contribution in [0.25, 0.3) is 11.1 Å². The lowest BCUT2D eigenvalue weighted by Crippen LogP contribution is -2.70. The van der Waals surface area contributed by atoms with E-state index in [1.54, 1.807) is 20.8 Å². The maximum absolute atomic E-state index is 13.0. The van der Waals surface area contributed by atoms with Gasteiger partial charge in [-0.25, -0.2) is 4.79 Å². The Morgan fingerprint density at radius 1 is 1.21 bits per heavy atom. The summed E-state index contributed by atoms with van der Waals surface area (Å²) < 4.78 is 15.4. The van der Waals surface area contributed by atoms with Crippen LogP contribution in [0, 0.1) is 10.1 Å². The molecule has 1 saturated heterocycles. The van der Waals surface area contributed by atoms with Gasteiger partial charge in [0, 0.05) is 22.8 Å². The van der Waals surface area contributed by atoms with Gasteiger partial charge in [0.05, 0.1) is 6.04 Å². The summed E-state index contributed by atoms with van der Waals surface area (Å²) in [5.41, 5.74) is 1.63. The van der Waals surface area contributed by atoms with Crippen LogP contribution in [0.1, 0.15) is 39.2 Å². The van der Waals surface area contributed by atoms with E-state index in [9.17, 15) is 24.6 Å². The lowest BCUT2D eigenvalue weighted by molar-refractivity contribution is -0.492. The van der Waals surface area contributed by atoms with E-state index in [0.29, 0.717) is 12.8 Å². The van der Waals surface area contributed by atoms with E-state index in [-0.39, 0.29) is 13.0 Å². The fourth-order valence-corrected chi connectivity index (χ4v) is 5.33. The fraction of sp³-hybridized carbons (Fsp3) is 0.458. The Morgan fingerprint density at radius 3 is 2.48 bits per heavy atom. The van der Waals surface area contributed by atoms with Crippen molar-refractivity contribution in [1.29, 1.82) is 0 Å². The standard InChI is InChI=1S/C24H31N3O5S/c1-23(2,3)33(32)25-24(17-27(30)31)13-8-14-26(22(28)29)21(24)16-18-9-7-12-20(15-18)19-10-5-4-6-11-19/h4-7,9-12,15,21,25H,8,13-14,16-17H2,1-3H3,(H,28,29)/t21-,24-,33-/m1/s1. The number of hydrogen-bond donors (Lipinski definition) is 2. The number of likely N-dealkylation sites (tertiary alicyclic amines) is 1. The molecule has 0 saturated carbocycles. The molecule has 1 aliphatic rings. The van der Waals surface area contributed by atoms with Crippen LogP contribution in [0.15, 0.2) is 54.6 Å². The predicted octanol–water partition coefficient (Wildman–Crippen LogP) is 4.11. The van der Waals surface area contributed by atoms with Crippen molar-refractivity contribution in [2.24, 2.45) is 0 Å². The van der Waals surface area contributed by atoms with Crippen molar-refractivity contribution in [3.8, 4) is 11.1 Å². The van der Waals surface area contributed by atoms with E-state index < -0.39 is 45.3 Å². The molecule has 3 atom stereocenters. The van der Waals surface area contributed by atoms with Crippen molar-refractivity contribution in [1.82, 2.24) is 9.62 Å². The molecule has 1 heterocycles. The number of nitrogens with one attached hydrogen (secondary N) is 1. The SMILES string of the molecule is CC(C)(C)[S@@+]([O-])N[C@@]1(C[N+](=O)[O-])CCCN(C(=O)O)[C@@H]1Cc1cccc(-c2ccccc2)c1. The zero-order chi connectivity index (χ0) is 24.2. The van der Waals surface area contributed by atoms with Gasteiger partial charge in [-0.1, -0.05) is 54.6 Å². The Labute approximate surface area is 197 Å². The molecule has 1 amide bonds. The monoisotopic (exact) mass is 473 g/mol. The molecule has 2 N–H and O–H groups in total. The second-order valence-electron chi connectivity index (χ2n) is 9.50. The number of nitro groups is 1. The van der Waals surface area contributed by atoms with Crippen LogP contribution in [0.4, 0.5) is 4.79 Å². The summed E-state index contributed by atoms with van der Waals surface area (Å²) in [6.07, 6.45) is -0.0396. The first-order valence-electron chi connectivity index (χ1n) is 11.0. The highest BCUT2D eigenvalue weighted by Crippen LogP contribution is 2.34. The molecule has 0 aromatic heterocycles. The minimum Gasteiger partial charge on any atom is -0.598 e. The van der Waals surface area contributed by atoms with Crippen LogP contribution in [0.3, 0.4) is 0 Å². The van der Waals surface area contributed by atoms with Crippen molar-refractivity contribution >= 4 is 17.5 Å². The van der Waals surface area contributed by atoms with Gasteiger partial charge in [-0.15, -0.1) is 4.72 Å². The lowest BCUT2D eigenvalue weighted by atomic mass is 9.78. The molecule has 33 heavy (non-hydrogen) atoms. The summed E-state index contributed by atoms with van der Waals surface area (Å²) in [6.45, 7) is 5.12. The maximum atomic E-state index is 13.0. The van der Waals surface area contributed by atoms with Gasteiger partial charge < -0.3 is 14.6 Å². The number of benzene rings is 2. The highest BCUT2D eigenvalue weighted by atomic mass is 32.2. The normalized spacial score (nSPS) is 22.1. The van der Waals surface area contributed by atoms with Gasteiger partial charge in [0.25, 0.3) is 0 Å². The van der Waals surface area contributed by atoms with E-state index >= 15 is 0 Å². The zero-order valence-corrected chi connectivity index (χ0v) is 20.0. The molecule has 178 valence electrons. The van der Waals surface area contributed by atoms with Gasteiger partial charge in [0.15, 0.2) is 0 Å². The van der Waals surface area contributed by atoms with Crippen molar-refractivity contribution in [2.45, 2.75) is 56.4 Å². The van der Waals surface area contributed by atoms with Crippen molar-refractivity contribution in [3.63, 3.8) is 0 Å². The largest absolute Gasteiger partial charge is 0.598 e. The topological polar surface area (TPSA) is 119 Å². The molecule has 8 nitrogen and oxygen atoms in total. The summed E-state index contributed by atoms with van der Waals surface area (Å²) in [5, 5.41) is 21.7. The van der Waals surface area contributed by atoms with Crippen LogP contribution in [0.5, 0.6) is 0 Å². The average Bonchev–Trinajstić information content (AvgIpc) is 2.74. The van der Waals surface area contributed by atoms with Gasteiger partial charge in [0.2, 0.25) is 6.54 Å². The number of carbonyl (C=O) groups is 1. The zero-order valence-electron chi connectivity index (χ0n) is 19.2. The Hall–Kier alpha value is -2.62. The Morgan fingerprint density at radius 2 is 1.88 bits per heavy atom. The van der Waals surface area contributed by atoms with Gasteiger partial charge in [-0.2, -0.15) is 0 Å². The second kappa shape index (κ2) is 10.1. The highest BCUT2D eigenvalue weighted by Gasteiger charge is 2.54. The van der Waals surface area contributed by atoms with Crippen LogP contribution in [0.2, 0.25) is 0 Å². The molecule has 1 fully saturated rings. The summed E-state index contributed by atoms with van der Waals surface area (Å²) >= 11 is -1.61. The molecule has 3 rings (SSSR count). The van der Waals surface area contributed by atoms with E-state index in [1.807, 2.05) is 54.6 Å². The Kier molecular flexibility index (Phi) is 7.66. The predicted molar refractivity (Wildman–Crippen MR) is 129 cm³/mol. The molecule has 2 aromatic rings. The Balaban J connectivity index is 2.02. The van der Waals surface area contributed by atoms with E-state index in [0.717, 1.165) is 16.7 Å². The Bertz CT molecular complexity index is 982. The van der Waals surface area contributed by atoms with Crippen molar-refractivity contribution in [3.05, 3.63) is 70.3 Å². The minimum atomic E-state index is -1.61. The first kappa shape index (κ1) is 25.0. The molecule has 0 aliphatic carbocycles. The number of hydrogen-bond acceptors (Lipinski definition) is 5. The smallest absolute Gasteiger partial charge is 0.407 e. The first-order valence-corrected chi connectivity index (χ1v) is 12.1. The van der Waals surface area contributed by atoms with Crippen LogP contribution < -0.4 is 4.72 Å². The molecule has 1 aliphatic heterocycles. The number of amides is 1. The third-order valence-corrected chi connectivity index (χ3v) is 7.71. The van der Waals surface area contributed by atoms with Crippen molar-refractivity contribution in [2.75, 3.05) is 13.1 Å². The molecule has 0 radical (unpaired) electrons. The van der Waals surface area contributed by atoms with Gasteiger partial charge in [-0.05, 0) is 56.7 Å². The molecule has 0 bridgehead atoms. The van der Waals surface area contributed by atoms with E-state index in [1.165, 1.54) is 4.90 Å². The van der Waals surface area contributed by atoms with Gasteiger partial charge >= 0.3 is 6.09 Å². The van der Waals surface area contributed by atoms with Crippen molar-refractivity contribution < 1.29 is 19.4 Å². The van der Waals surface area contributed by atoms with E-state index in [4.69, 9.17) is 0 Å². The maximum Gasteiger partial charge on any atom is 0.407 e. The number of nitrogens with zero attached hydrogens (tertiary/aromatic N) is 2. The third kappa shape index (κ3) is 6.04. The highest BCUT2D eigenvalue weighted by molar-refractivity contribution is 7.90. The number of piperidine rings is 1. The van der Waals surface area contributed by atoms with Crippen LogP contribution in [-0.4, -0.2) is 55.0 Å². The third-order valence-electron chi connectivity index (χ3n) is 6.01. The molecule has 0 unspecified atom stereocenters. The molecule has 0 spiro atoms. The summed E-state index contributed by atoms with van der Waals surface area (Å²) in [4.78, 5) is 24.7. The average molecular weight is 474 g/mol. The quantitative estimate of drug-likeness (QED) is 0.355. The van der Waals surface area contributed by atoms with Gasteiger partial charge in [-0.3, -0.25) is 10.1 Å². The first-order chi connectivity index (χ1) is 15.5.